The van der Waals surface area contributed by atoms with Crippen LogP contribution in [0.3, 0.4) is 0 Å². The lowest BCUT2D eigenvalue weighted by Crippen LogP contribution is -2.31. The molecule has 0 spiro atoms. The Morgan fingerprint density at radius 1 is 1.21 bits per heavy atom. The van der Waals surface area contributed by atoms with Gasteiger partial charge in [0.2, 0.25) is 0 Å². The van der Waals surface area contributed by atoms with E-state index in [0.29, 0.717) is 17.6 Å². The molecule has 24 heavy (non-hydrogen) atoms. The van der Waals surface area contributed by atoms with Gasteiger partial charge in [0.15, 0.2) is 0 Å². The summed E-state index contributed by atoms with van der Waals surface area (Å²) in [4.78, 5) is 11.7. The predicted molar refractivity (Wildman–Crippen MR) is 83.3 cm³/mol. The van der Waals surface area contributed by atoms with Crippen LogP contribution >= 0.6 is 11.8 Å². The zero-order chi connectivity index (χ0) is 17.6. The number of anilines is 1. The van der Waals surface area contributed by atoms with Crippen molar-refractivity contribution in [3.63, 3.8) is 0 Å². The number of benzene rings is 1. The first-order valence-electron chi connectivity index (χ1n) is 6.88. The van der Waals surface area contributed by atoms with E-state index in [-0.39, 0.29) is 6.54 Å². The third-order valence-electron chi connectivity index (χ3n) is 2.91. The number of carbonyl (C=O) groups excluding carboxylic acids is 1. The Bertz CT molecular complexity index is 675. The highest BCUT2D eigenvalue weighted by atomic mass is 32.2. The van der Waals surface area contributed by atoms with Crippen LogP contribution in [-0.4, -0.2) is 18.3 Å². The average Bonchev–Trinajstić information content (AvgIpc) is 3.01. The second-order valence-electron chi connectivity index (χ2n) is 4.67. The van der Waals surface area contributed by atoms with Crippen molar-refractivity contribution in [1.29, 1.82) is 0 Å². The highest BCUT2D eigenvalue weighted by molar-refractivity contribution is 7.98. The minimum atomic E-state index is -4.76. The maximum absolute atomic E-state index is 13.6. The van der Waals surface area contributed by atoms with Crippen molar-refractivity contribution in [2.24, 2.45) is 0 Å². The Morgan fingerprint density at radius 2 is 2.00 bits per heavy atom. The van der Waals surface area contributed by atoms with Gasteiger partial charge in [-0.25, -0.2) is 9.18 Å². The van der Waals surface area contributed by atoms with E-state index in [0.717, 1.165) is 17.9 Å². The standard InChI is InChI=1S/C15H14F4N2O2S/c16-12-5-1-4-11(15(17,18)19)13(12)21-14(22)20-6-8-24-9-10-3-2-7-23-10/h1-5,7H,6,8-9H2,(H2,20,21,22). The minimum absolute atomic E-state index is 0.215. The van der Waals surface area contributed by atoms with Crippen LogP contribution in [0, 0.1) is 5.82 Å². The summed E-state index contributed by atoms with van der Waals surface area (Å²) in [5, 5.41) is 4.30. The summed E-state index contributed by atoms with van der Waals surface area (Å²) in [5.74, 6) is 0.775. The van der Waals surface area contributed by atoms with Gasteiger partial charge in [-0.15, -0.1) is 0 Å². The van der Waals surface area contributed by atoms with E-state index in [9.17, 15) is 22.4 Å². The summed E-state index contributed by atoms with van der Waals surface area (Å²) in [6.07, 6.45) is -3.21. The van der Waals surface area contributed by atoms with Gasteiger partial charge in [0.1, 0.15) is 11.6 Å². The third kappa shape index (κ3) is 5.19. The van der Waals surface area contributed by atoms with Crippen molar-refractivity contribution < 1.29 is 26.8 Å². The SMILES string of the molecule is O=C(NCCSCc1ccco1)Nc1c(F)cccc1C(F)(F)F. The molecule has 2 aromatic rings. The molecule has 4 nitrogen and oxygen atoms in total. The fraction of sp³-hybridized carbons (Fsp3) is 0.267. The number of hydrogen-bond acceptors (Lipinski definition) is 3. The van der Waals surface area contributed by atoms with Crippen LogP contribution < -0.4 is 10.6 Å². The lowest BCUT2D eigenvalue weighted by molar-refractivity contribution is -0.137. The van der Waals surface area contributed by atoms with Gasteiger partial charge in [-0.05, 0) is 24.3 Å². The van der Waals surface area contributed by atoms with Crippen molar-refractivity contribution in [2.75, 3.05) is 17.6 Å². The Labute approximate surface area is 139 Å². The monoisotopic (exact) mass is 362 g/mol. The molecule has 0 bridgehead atoms. The number of hydrogen-bond donors (Lipinski definition) is 2. The molecule has 0 aliphatic carbocycles. The predicted octanol–water partition coefficient (Wildman–Crippen LogP) is 4.49. The number of urea groups is 1. The molecule has 0 radical (unpaired) electrons. The first-order chi connectivity index (χ1) is 11.4. The van der Waals surface area contributed by atoms with E-state index in [1.807, 2.05) is 11.4 Å². The van der Waals surface area contributed by atoms with Crippen LogP contribution in [0.2, 0.25) is 0 Å². The van der Waals surface area contributed by atoms with Crippen LogP contribution in [0.1, 0.15) is 11.3 Å². The Kier molecular flexibility index (Phi) is 6.13. The topological polar surface area (TPSA) is 54.3 Å². The zero-order valence-electron chi connectivity index (χ0n) is 12.3. The van der Waals surface area contributed by atoms with Crippen molar-refractivity contribution in [2.45, 2.75) is 11.9 Å². The van der Waals surface area contributed by atoms with Gasteiger partial charge in [-0.2, -0.15) is 24.9 Å². The van der Waals surface area contributed by atoms with Gasteiger partial charge in [-0.1, -0.05) is 6.07 Å². The molecule has 0 saturated heterocycles. The number of rotatable bonds is 6. The fourth-order valence-corrected chi connectivity index (χ4v) is 2.61. The first kappa shape index (κ1) is 18.2. The number of thioether (sulfide) groups is 1. The van der Waals surface area contributed by atoms with E-state index in [2.05, 4.69) is 5.32 Å². The van der Waals surface area contributed by atoms with E-state index in [1.165, 1.54) is 11.8 Å². The summed E-state index contributed by atoms with van der Waals surface area (Å²) in [5.41, 5.74) is -2.12. The molecule has 0 unspecified atom stereocenters. The second kappa shape index (κ2) is 8.09. The molecule has 1 aromatic carbocycles. The molecule has 2 rings (SSSR count). The van der Waals surface area contributed by atoms with Crippen LogP contribution in [0.5, 0.6) is 0 Å². The number of halogens is 4. The molecule has 0 atom stereocenters. The molecule has 1 heterocycles. The summed E-state index contributed by atoms with van der Waals surface area (Å²) < 4.78 is 57.2. The highest BCUT2D eigenvalue weighted by Gasteiger charge is 2.35. The van der Waals surface area contributed by atoms with Gasteiger partial charge in [0, 0.05) is 12.3 Å². The van der Waals surface area contributed by atoms with Crippen LogP contribution in [-0.2, 0) is 11.9 Å². The molecular weight excluding hydrogens is 348 g/mol. The molecule has 9 heteroatoms. The summed E-state index contributed by atoms with van der Waals surface area (Å²) in [6.45, 7) is 0.215. The average molecular weight is 362 g/mol. The van der Waals surface area contributed by atoms with Gasteiger partial charge in [0.05, 0.1) is 23.3 Å². The van der Waals surface area contributed by atoms with Crippen molar-refractivity contribution in [3.05, 3.63) is 53.7 Å². The summed E-state index contributed by atoms with van der Waals surface area (Å²) in [6, 6.07) is 5.16. The van der Waals surface area contributed by atoms with E-state index in [1.54, 1.807) is 12.3 Å². The molecule has 0 saturated carbocycles. The molecule has 0 fully saturated rings. The lowest BCUT2D eigenvalue weighted by Gasteiger charge is -2.14. The quantitative estimate of drug-likeness (QED) is 0.588. The van der Waals surface area contributed by atoms with E-state index in [4.69, 9.17) is 4.42 Å². The molecule has 2 amide bonds. The number of carbonyl (C=O) groups is 1. The maximum atomic E-state index is 13.6. The smallest absolute Gasteiger partial charge is 0.418 e. The number of para-hydroxylation sites is 1. The molecule has 2 N–H and O–H groups in total. The van der Waals surface area contributed by atoms with Crippen molar-refractivity contribution in [1.82, 2.24) is 5.32 Å². The molecule has 130 valence electrons. The largest absolute Gasteiger partial charge is 0.468 e. The Hall–Kier alpha value is -2.16. The number of nitrogens with one attached hydrogen (secondary N) is 2. The van der Waals surface area contributed by atoms with Gasteiger partial charge >= 0.3 is 12.2 Å². The Balaban J connectivity index is 1.82. The maximum Gasteiger partial charge on any atom is 0.418 e. The second-order valence-corrected chi connectivity index (χ2v) is 5.78. The van der Waals surface area contributed by atoms with Gasteiger partial charge in [0.25, 0.3) is 0 Å². The molecule has 0 aliphatic heterocycles. The third-order valence-corrected chi connectivity index (χ3v) is 3.90. The van der Waals surface area contributed by atoms with Crippen LogP contribution in [0.25, 0.3) is 0 Å². The van der Waals surface area contributed by atoms with Gasteiger partial charge < -0.3 is 15.1 Å². The minimum Gasteiger partial charge on any atom is -0.468 e. The lowest BCUT2D eigenvalue weighted by atomic mass is 10.1. The number of alkyl halides is 3. The fourth-order valence-electron chi connectivity index (χ4n) is 1.85. The first-order valence-corrected chi connectivity index (χ1v) is 8.04. The molecule has 1 aromatic heterocycles. The zero-order valence-corrected chi connectivity index (χ0v) is 13.1. The van der Waals surface area contributed by atoms with E-state index < -0.39 is 29.3 Å². The van der Waals surface area contributed by atoms with Crippen molar-refractivity contribution in [3.8, 4) is 0 Å². The molecular formula is C15H14F4N2O2S. The van der Waals surface area contributed by atoms with Crippen LogP contribution in [0.4, 0.5) is 28.0 Å². The summed E-state index contributed by atoms with van der Waals surface area (Å²) >= 11 is 1.48. The number of amides is 2. The normalized spacial score (nSPS) is 11.3. The van der Waals surface area contributed by atoms with Crippen LogP contribution in [0.15, 0.2) is 41.0 Å². The molecule has 0 aliphatic rings. The summed E-state index contributed by atoms with van der Waals surface area (Å²) in [7, 11) is 0. The van der Waals surface area contributed by atoms with E-state index >= 15 is 0 Å². The van der Waals surface area contributed by atoms with Crippen molar-refractivity contribution >= 4 is 23.5 Å². The highest BCUT2D eigenvalue weighted by Crippen LogP contribution is 2.36. The van der Waals surface area contributed by atoms with Gasteiger partial charge in [-0.3, -0.25) is 0 Å². The number of furan rings is 1. The Morgan fingerprint density at radius 3 is 2.67 bits per heavy atom.